The molecule has 2 N–H and O–H groups in total. The van der Waals surface area contributed by atoms with E-state index < -0.39 is 0 Å². The zero-order valence-electron chi connectivity index (χ0n) is 14.4. The van der Waals surface area contributed by atoms with Crippen LogP contribution in [0.1, 0.15) is 10.5 Å². The predicted octanol–water partition coefficient (Wildman–Crippen LogP) is 3.68. The number of rotatable bonds is 5. The van der Waals surface area contributed by atoms with Crippen molar-refractivity contribution in [2.24, 2.45) is 0 Å². The predicted molar refractivity (Wildman–Crippen MR) is 100 cm³/mol. The highest BCUT2D eigenvalue weighted by atomic mass is 19.1. The van der Waals surface area contributed by atoms with Crippen LogP contribution in [-0.2, 0) is 0 Å². The smallest absolute Gasteiger partial charge is 0.275 e. The molecule has 7 heteroatoms. The number of nitrogens with one attached hydrogen (secondary N) is 2. The molecule has 0 aliphatic heterocycles. The maximum Gasteiger partial charge on any atom is 0.275 e. The van der Waals surface area contributed by atoms with Crippen LogP contribution in [0.25, 0.3) is 0 Å². The molecule has 0 aliphatic rings. The first-order valence-corrected chi connectivity index (χ1v) is 7.94. The zero-order chi connectivity index (χ0) is 18.5. The van der Waals surface area contributed by atoms with Crippen LogP contribution in [0.2, 0.25) is 0 Å². The Morgan fingerprint density at radius 1 is 0.923 bits per heavy atom. The Kier molecular flexibility index (Phi) is 5.07. The van der Waals surface area contributed by atoms with E-state index in [1.165, 1.54) is 24.5 Å². The zero-order valence-corrected chi connectivity index (χ0v) is 14.4. The minimum absolute atomic E-state index is 0.200. The van der Waals surface area contributed by atoms with E-state index in [-0.39, 0.29) is 17.4 Å². The fourth-order valence-electron chi connectivity index (χ4n) is 2.23. The van der Waals surface area contributed by atoms with Gasteiger partial charge in [0.25, 0.3) is 5.91 Å². The number of carbonyl (C=O) groups is 1. The second-order valence-electron chi connectivity index (χ2n) is 5.81. The van der Waals surface area contributed by atoms with Gasteiger partial charge in [-0.25, -0.2) is 14.4 Å². The van der Waals surface area contributed by atoms with Crippen molar-refractivity contribution in [3.05, 3.63) is 72.4 Å². The summed E-state index contributed by atoms with van der Waals surface area (Å²) < 4.78 is 12.9. The Morgan fingerprint density at radius 3 is 2.15 bits per heavy atom. The van der Waals surface area contributed by atoms with Crippen LogP contribution in [0, 0.1) is 5.82 Å². The standard InChI is InChI=1S/C19H18FN5O/c1-25(2)16-9-7-15(8-10-16)24-19(26)17-11-22-18(12-21-17)23-14-5-3-13(20)4-6-14/h3-12H,1-2H3,(H,22,23)(H,24,26). The summed E-state index contributed by atoms with van der Waals surface area (Å²) in [5.74, 6) is -0.195. The third-order valence-corrected chi connectivity index (χ3v) is 3.64. The second-order valence-corrected chi connectivity index (χ2v) is 5.81. The normalized spacial score (nSPS) is 10.3. The van der Waals surface area contributed by atoms with Crippen LogP contribution in [0.5, 0.6) is 0 Å². The number of aromatic nitrogens is 2. The molecular weight excluding hydrogens is 333 g/mol. The van der Waals surface area contributed by atoms with Gasteiger partial charge in [0.2, 0.25) is 0 Å². The Balaban J connectivity index is 1.63. The first kappa shape index (κ1) is 17.3. The van der Waals surface area contributed by atoms with Crippen LogP contribution in [0.4, 0.5) is 27.3 Å². The van der Waals surface area contributed by atoms with Crippen molar-refractivity contribution in [3.63, 3.8) is 0 Å². The third kappa shape index (κ3) is 4.32. The summed E-state index contributed by atoms with van der Waals surface area (Å²) in [4.78, 5) is 22.5. The molecular formula is C19H18FN5O. The molecule has 3 rings (SSSR count). The first-order valence-electron chi connectivity index (χ1n) is 7.94. The number of benzene rings is 2. The molecule has 26 heavy (non-hydrogen) atoms. The van der Waals surface area contributed by atoms with Gasteiger partial charge in [0.15, 0.2) is 0 Å². The van der Waals surface area contributed by atoms with Crippen molar-refractivity contribution in [3.8, 4) is 0 Å². The molecule has 0 spiro atoms. The van der Waals surface area contributed by atoms with E-state index >= 15 is 0 Å². The van der Waals surface area contributed by atoms with Gasteiger partial charge in [0, 0.05) is 31.2 Å². The number of amides is 1. The van der Waals surface area contributed by atoms with Gasteiger partial charge in [0.05, 0.1) is 12.4 Å². The Morgan fingerprint density at radius 2 is 1.58 bits per heavy atom. The second kappa shape index (κ2) is 7.60. The van der Waals surface area contributed by atoms with Crippen molar-refractivity contribution in [1.82, 2.24) is 9.97 Å². The van der Waals surface area contributed by atoms with Crippen molar-refractivity contribution >= 4 is 28.8 Å². The minimum atomic E-state index is -0.344. The van der Waals surface area contributed by atoms with Crippen LogP contribution in [0.15, 0.2) is 60.9 Å². The number of hydrogen-bond donors (Lipinski definition) is 2. The average Bonchev–Trinajstić information content (AvgIpc) is 2.64. The largest absolute Gasteiger partial charge is 0.378 e. The van der Waals surface area contributed by atoms with Crippen molar-refractivity contribution in [2.75, 3.05) is 29.6 Å². The molecule has 6 nitrogen and oxygen atoms in total. The quantitative estimate of drug-likeness (QED) is 0.734. The van der Waals surface area contributed by atoms with E-state index in [9.17, 15) is 9.18 Å². The van der Waals surface area contributed by atoms with E-state index in [0.29, 0.717) is 17.2 Å². The number of carbonyl (C=O) groups excluding carboxylic acids is 1. The molecule has 0 aliphatic carbocycles. The molecule has 0 radical (unpaired) electrons. The molecule has 0 unspecified atom stereocenters. The Labute approximate surface area is 150 Å². The molecule has 132 valence electrons. The van der Waals surface area contributed by atoms with Crippen LogP contribution >= 0.6 is 0 Å². The number of nitrogens with zero attached hydrogens (tertiary/aromatic N) is 3. The molecule has 0 saturated heterocycles. The van der Waals surface area contributed by atoms with E-state index in [1.54, 1.807) is 12.1 Å². The van der Waals surface area contributed by atoms with Crippen molar-refractivity contribution in [2.45, 2.75) is 0 Å². The van der Waals surface area contributed by atoms with Gasteiger partial charge in [-0.2, -0.15) is 0 Å². The van der Waals surface area contributed by atoms with Crippen LogP contribution in [0.3, 0.4) is 0 Å². The van der Waals surface area contributed by atoms with Gasteiger partial charge in [-0.05, 0) is 48.5 Å². The number of hydrogen-bond acceptors (Lipinski definition) is 5. The van der Waals surface area contributed by atoms with Crippen LogP contribution < -0.4 is 15.5 Å². The van der Waals surface area contributed by atoms with Crippen molar-refractivity contribution < 1.29 is 9.18 Å². The van der Waals surface area contributed by atoms with Gasteiger partial charge < -0.3 is 15.5 Å². The summed E-state index contributed by atoms with van der Waals surface area (Å²) >= 11 is 0. The van der Waals surface area contributed by atoms with E-state index in [4.69, 9.17) is 0 Å². The summed E-state index contributed by atoms with van der Waals surface area (Å²) in [6, 6.07) is 13.4. The lowest BCUT2D eigenvalue weighted by molar-refractivity contribution is 0.102. The van der Waals surface area contributed by atoms with Gasteiger partial charge in [0.1, 0.15) is 17.3 Å². The molecule has 0 saturated carbocycles. The molecule has 1 heterocycles. The maximum atomic E-state index is 12.9. The fourth-order valence-corrected chi connectivity index (χ4v) is 2.23. The summed E-state index contributed by atoms with van der Waals surface area (Å²) in [6.45, 7) is 0. The third-order valence-electron chi connectivity index (χ3n) is 3.64. The Bertz CT molecular complexity index is 877. The molecule has 1 amide bonds. The monoisotopic (exact) mass is 351 g/mol. The van der Waals surface area contributed by atoms with Crippen LogP contribution in [-0.4, -0.2) is 30.0 Å². The summed E-state index contributed by atoms with van der Waals surface area (Å²) in [6.07, 6.45) is 2.84. The highest BCUT2D eigenvalue weighted by Gasteiger charge is 2.09. The minimum Gasteiger partial charge on any atom is -0.378 e. The molecule has 0 bridgehead atoms. The molecule has 3 aromatic rings. The van der Waals surface area contributed by atoms with Crippen molar-refractivity contribution in [1.29, 1.82) is 0 Å². The van der Waals surface area contributed by atoms with Gasteiger partial charge >= 0.3 is 0 Å². The highest BCUT2D eigenvalue weighted by molar-refractivity contribution is 6.02. The summed E-state index contributed by atoms with van der Waals surface area (Å²) in [7, 11) is 3.90. The van der Waals surface area contributed by atoms with E-state index in [1.807, 2.05) is 43.3 Å². The summed E-state index contributed by atoms with van der Waals surface area (Å²) in [5.41, 5.74) is 2.60. The first-order chi connectivity index (χ1) is 12.5. The maximum absolute atomic E-state index is 12.9. The molecule has 0 fully saturated rings. The molecule has 2 aromatic carbocycles. The van der Waals surface area contributed by atoms with E-state index in [2.05, 4.69) is 20.6 Å². The molecule has 1 aromatic heterocycles. The SMILES string of the molecule is CN(C)c1ccc(NC(=O)c2cnc(Nc3ccc(F)cc3)cn2)cc1. The highest BCUT2D eigenvalue weighted by Crippen LogP contribution is 2.17. The molecule has 0 atom stereocenters. The average molecular weight is 351 g/mol. The van der Waals surface area contributed by atoms with Gasteiger partial charge in [-0.3, -0.25) is 4.79 Å². The van der Waals surface area contributed by atoms with E-state index in [0.717, 1.165) is 5.69 Å². The lowest BCUT2D eigenvalue weighted by Gasteiger charge is -2.13. The number of halogens is 1. The Hall–Kier alpha value is -3.48. The van der Waals surface area contributed by atoms with Gasteiger partial charge in [-0.1, -0.05) is 0 Å². The number of anilines is 4. The fraction of sp³-hybridized carbons (Fsp3) is 0.105. The topological polar surface area (TPSA) is 70.2 Å². The lowest BCUT2D eigenvalue weighted by Crippen LogP contribution is -2.14. The summed E-state index contributed by atoms with van der Waals surface area (Å²) in [5, 5.41) is 5.76. The van der Waals surface area contributed by atoms with Gasteiger partial charge in [-0.15, -0.1) is 0 Å². The lowest BCUT2D eigenvalue weighted by atomic mass is 10.2.